The van der Waals surface area contributed by atoms with Gasteiger partial charge < -0.3 is 9.63 Å². The van der Waals surface area contributed by atoms with Gasteiger partial charge in [-0.1, -0.05) is 0 Å². The molecule has 0 amide bonds. The number of nitriles is 1. The zero-order valence-electron chi connectivity index (χ0n) is 6.83. The molecule has 0 fully saturated rings. The van der Waals surface area contributed by atoms with E-state index < -0.39 is 7.77 Å². The average molecular weight is 173 g/mol. The predicted molar refractivity (Wildman–Crippen MR) is 44.6 cm³/mol. The van der Waals surface area contributed by atoms with Crippen LogP contribution in [0.4, 0.5) is 0 Å². The minimum absolute atomic E-state index is 0.438. The topological polar surface area (TPSA) is 56.1 Å². The Kier molecular flexibility index (Phi) is 6.06. The van der Waals surface area contributed by atoms with E-state index in [1.54, 1.807) is 6.66 Å². The summed E-state index contributed by atoms with van der Waals surface area (Å²) >= 11 is 0. The summed E-state index contributed by atoms with van der Waals surface area (Å²) in [6.45, 7) is 4.56. The SMILES string of the molecule is CCOCCC(C#N)=[P+](C)[O-]. The van der Waals surface area contributed by atoms with Crippen LogP contribution in [0.15, 0.2) is 0 Å². The summed E-state index contributed by atoms with van der Waals surface area (Å²) in [5.74, 6) is 0. The van der Waals surface area contributed by atoms with Crippen molar-refractivity contribution in [2.24, 2.45) is 0 Å². The van der Waals surface area contributed by atoms with Gasteiger partial charge in [0.25, 0.3) is 0 Å². The van der Waals surface area contributed by atoms with Crippen molar-refractivity contribution in [3.63, 3.8) is 0 Å². The van der Waals surface area contributed by atoms with Crippen LogP contribution < -0.4 is 4.89 Å². The molecular formula is C7H12NO2P. The highest BCUT2D eigenvalue weighted by Crippen LogP contribution is 2.08. The first-order valence-electron chi connectivity index (χ1n) is 3.47. The first-order valence-corrected chi connectivity index (χ1v) is 5.17. The fraction of sp³-hybridized carbons (Fsp3) is 0.714. The van der Waals surface area contributed by atoms with Crippen molar-refractivity contribution < 1.29 is 9.63 Å². The van der Waals surface area contributed by atoms with Gasteiger partial charge in [-0.05, 0) is 6.92 Å². The van der Waals surface area contributed by atoms with E-state index in [9.17, 15) is 4.89 Å². The Morgan fingerprint density at radius 1 is 1.73 bits per heavy atom. The van der Waals surface area contributed by atoms with Crippen molar-refractivity contribution in [3.8, 4) is 6.07 Å². The van der Waals surface area contributed by atoms with Crippen LogP contribution in [0.5, 0.6) is 0 Å². The Hall–Kier alpha value is -0.420. The highest BCUT2D eigenvalue weighted by molar-refractivity contribution is 7.51. The van der Waals surface area contributed by atoms with Crippen LogP contribution in [0.2, 0.25) is 0 Å². The van der Waals surface area contributed by atoms with Crippen LogP contribution in [-0.2, 0) is 4.74 Å². The summed E-state index contributed by atoms with van der Waals surface area (Å²) in [7, 11) is -1.46. The minimum Gasteiger partial charge on any atom is -0.630 e. The summed E-state index contributed by atoms with van der Waals surface area (Å²) in [5, 5.41) is 8.91. The largest absolute Gasteiger partial charge is 0.630 e. The van der Waals surface area contributed by atoms with Gasteiger partial charge in [0.05, 0.1) is 21.0 Å². The number of hydrogen-bond acceptors (Lipinski definition) is 3. The maximum Gasteiger partial charge on any atom is 0.194 e. The molecule has 0 bridgehead atoms. The van der Waals surface area contributed by atoms with Crippen molar-refractivity contribution in [2.45, 2.75) is 13.3 Å². The molecule has 0 rings (SSSR count). The zero-order chi connectivity index (χ0) is 8.69. The summed E-state index contributed by atoms with van der Waals surface area (Å²) in [6.07, 6.45) is 0.496. The third kappa shape index (κ3) is 4.92. The first kappa shape index (κ1) is 10.6. The smallest absolute Gasteiger partial charge is 0.194 e. The van der Waals surface area contributed by atoms with Crippen LogP contribution in [0.1, 0.15) is 13.3 Å². The van der Waals surface area contributed by atoms with Crippen molar-refractivity contribution in [2.75, 3.05) is 19.9 Å². The Morgan fingerprint density at radius 2 is 2.36 bits per heavy atom. The second-order valence-corrected chi connectivity index (χ2v) is 3.54. The van der Waals surface area contributed by atoms with Crippen molar-refractivity contribution in [3.05, 3.63) is 0 Å². The van der Waals surface area contributed by atoms with E-state index in [4.69, 9.17) is 10.00 Å². The van der Waals surface area contributed by atoms with Crippen molar-refractivity contribution >= 4 is 13.1 Å². The van der Waals surface area contributed by atoms with E-state index in [-0.39, 0.29) is 0 Å². The van der Waals surface area contributed by atoms with Crippen molar-refractivity contribution in [1.29, 1.82) is 5.26 Å². The van der Waals surface area contributed by atoms with Gasteiger partial charge in [-0.3, -0.25) is 0 Å². The third-order valence-electron chi connectivity index (χ3n) is 1.20. The average Bonchev–Trinajstić information content (AvgIpc) is 1.97. The van der Waals surface area contributed by atoms with Crippen molar-refractivity contribution in [1.82, 2.24) is 0 Å². The van der Waals surface area contributed by atoms with Gasteiger partial charge in [0.15, 0.2) is 5.29 Å². The molecule has 0 saturated carbocycles. The quantitative estimate of drug-likeness (QED) is 0.459. The molecule has 0 spiro atoms. The molecule has 3 nitrogen and oxygen atoms in total. The molecule has 0 aliphatic carbocycles. The first-order chi connectivity index (χ1) is 5.22. The highest BCUT2D eigenvalue weighted by Gasteiger charge is 2.03. The molecule has 1 atom stereocenters. The van der Waals surface area contributed by atoms with Crippen LogP contribution in [0, 0.1) is 11.3 Å². The second-order valence-electron chi connectivity index (χ2n) is 2.00. The molecule has 0 heterocycles. The van der Waals surface area contributed by atoms with Gasteiger partial charge in [0.2, 0.25) is 0 Å². The molecular weight excluding hydrogens is 161 g/mol. The molecule has 0 aromatic carbocycles. The number of nitrogens with zero attached hydrogens (tertiary/aromatic N) is 1. The van der Waals surface area contributed by atoms with Gasteiger partial charge in [0.1, 0.15) is 6.07 Å². The maximum absolute atomic E-state index is 10.8. The highest BCUT2D eigenvalue weighted by atomic mass is 31.1. The molecule has 62 valence electrons. The lowest BCUT2D eigenvalue weighted by molar-refractivity contribution is -0.151. The lowest BCUT2D eigenvalue weighted by Crippen LogP contribution is -2.04. The van der Waals surface area contributed by atoms with Gasteiger partial charge in [-0.2, -0.15) is 5.26 Å². The number of hydrogen-bond donors (Lipinski definition) is 0. The normalized spacial score (nSPS) is 12.2. The fourth-order valence-electron chi connectivity index (χ4n) is 0.597. The van der Waals surface area contributed by atoms with Gasteiger partial charge in [0, 0.05) is 13.0 Å². The Bertz CT molecular complexity index is 179. The van der Waals surface area contributed by atoms with Crippen LogP contribution >= 0.6 is 7.77 Å². The molecule has 0 saturated heterocycles. The van der Waals surface area contributed by atoms with E-state index in [1.165, 1.54) is 0 Å². The Balaban J connectivity index is 3.75. The summed E-state index contributed by atoms with van der Waals surface area (Å²) < 4.78 is 5.02. The molecule has 0 radical (unpaired) electrons. The lowest BCUT2D eigenvalue weighted by Gasteiger charge is -1.97. The fourth-order valence-corrected chi connectivity index (χ4v) is 1.14. The van der Waals surface area contributed by atoms with E-state index >= 15 is 0 Å². The maximum atomic E-state index is 10.8. The van der Waals surface area contributed by atoms with Gasteiger partial charge in [-0.15, -0.1) is 0 Å². The minimum atomic E-state index is -1.46. The molecule has 0 N–H and O–H groups in total. The molecule has 11 heavy (non-hydrogen) atoms. The molecule has 0 aromatic heterocycles. The molecule has 0 aromatic rings. The molecule has 4 heteroatoms. The molecule has 1 unspecified atom stereocenters. The molecule has 0 aliphatic rings. The number of rotatable bonds is 4. The van der Waals surface area contributed by atoms with Gasteiger partial charge in [-0.25, -0.2) is 0 Å². The zero-order valence-corrected chi connectivity index (χ0v) is 7.73. The third-order valence-corrected chi connectivity index (χ3v) is 2.28. The Labute approximate surface area is 68.1 Å². The summed E-state index contributed by atoms with van der Waals surface area (Å²) in [6, 6.07) is 1.91. The summed E-state index contributed by atoms with van der Waals surface area (Å²) in [5.41, 5.74) is 0. The molecule has 0 aliphatic heterocycles. The summed E-state index contributed by atoms with van der Waals surface area (Å²) in [4.78, 5) is 10.8. The Morgan fingerprint density at radius 3 is 2.73 bits per heavy atom. The van der Waals surface area contributed by atoms with E-state index in [2.05, 4.69) is 0 Å². The van der Waals surface area contributed by atoms with E-state index in [0.717, 1.165) is 0 Å². The van der Waals surface area contributed by atoms with Crippen LogP contribution in [0.3, 0.4) is 0 Å². The second kappa shape index (κ2) is 6.30. The van der Waals surface area contributed by atoms with E-state index in [0.29, 0.717) is 24.9 Å². The monoisotopic (exact) mass is 173 g/mol. The van der Waals surface area contributed by atoms with Crippen LogP contribution in [-0.4, -0.2) is 25.2 Å². The van der Waals surface area contributed by atoms with E-state index in [1.807, 2.05) is 13.0 Å². The van der Waals surface area contributed by atoms with Gasteiger partial charge >= 0.3 is 0 Å². The number of ether oxygens (including phenoxy) is 1. The standard InChI is InChI=1S/C7H12NO2P/c1-3-10-5-4-7(6-8)11(2)9/h3-5H2,1-2H3. The van der Waals surface area contributed by atoms with Crippen LogP contribution in [0.25, 0.3) is 0 Å². The lowest BCUT2D eigenvalue weighted by atomic mass is 10.3. The predicted octanol–water partition coefficient (Wildman–Crippen LogP) is 0.496.